The zero-order valence-corrected chi connectivity index (χ0v) is 62.7. The van der Waals surface area contributed by atoms with E-state index >= 15 is 0 Å². The first-order valence-corrected chi connectivity index (χ1v) is 41.2. The monoisotopic (exact) mass is 1380 g/mol. The van der Waals surface area contributed by atoms with E-state index in [0.29, 0.717) is 25.7 Å². The van der Waals surface area contributed by atoms with Crippen LogP contribution in [0.1, 0.15) is 357 Å². The van der Waals surface area contributed by atoms with Crippen LogP contribution in [0.2, 0.25) is 0 Å². The Hall–Kier alpha value is -2.46. The number of carbonyl (C=O) groups is 4. The van der Waals surface area contributed by atoms with Crippen LogP contribution in [0, 0.1) is 17.8 Å². The smallest absolute Gasteiger partial charge is 0.462 e. The minimum Gasteiger partial charge on any atom is -0.462 e. The van der Waals surface area contributed by atoms with Gasteiger partial charge in [-0.15, -0.1) is 0 Å². The fourth-order valence-corrected chi connectivity index (χ4v) is 12.5. The zero-order chi connectivity index (χ0) is 69.4. The molecular formula is C75H142O17P2. The second-order valence-corrected chi connectivity index (χ2v) is 30.7. The molecule has 5 atom stereocenters. The minimum absolute atomic E-state index is 0.0847. The quantitative estimate of drug-likeness (QED) is 0.0169. The molecule has 0 fully saturated rings. The number of phosphoric acid groups is 2. The number of allylic oxidation sites excluding steroid dienone is 4. The Kier molecular flexibility index (Phi) is 63.5. The van der Waals surface area contributed by atoms with E-state index in [4.69, 9.17) is 37.0 Å². The van der Waals surface area contributed by atoms with Gasteiger partial charge in [0.05, 0.1) is 26.4 Å². The first kappa shape index (κ1) is 91.5. The van der Waals surface area contributed by atoms with E-state index in [9.17, 15) is 43.2 Å². The number of aliphatic hydroxyl groups is 1. The maximum absolute atomic E-state index is 13.1. The van der Waals surface area contributed by atoms with Crippen molar-refractivity contribution in [2.45, 2.75) is 375 Å². The summed E-state index contributed by atoms with van der Waals surface area (Å²) in [6.07, 6.45) is 53.5. The molecule has 0 aliphatic carbocycles. The molecule has 0 aromatic heterocycles. The fourth-order valence-electron chi connectivity index (χ4n) is 10.9. The highest BCUT2D eigenvalue weighted by Gasteiger charge is 2.30. The molecule has 0 aromatic rings. The van der Waals surface area contributed by atoms with Crippen LogP contribution in [0.15, 0.2) is 24.3 Å². The van der Waals surface area contributed by atoms with Gasteiger partial charge in [-0.05, 0) is 69.1 Å². The van der Waals surface area contributed by atoms with E-state index in [0.717, 1.165) is 120 Å². The third-order valence-corrected chi connectivity index (χ3v) is 18.7. The van der Waals surface area contributed by atoms with Gasteiger partial charge in [-0.25, -0.2) is 9.13 Å². The lowest BCUT2D eigenvalue weighted by molar-refractivity contribution is -0.161. The number of hydrogen-bond acceptors (Lipinski definition) is 15. The molecule has 554 valence electrons. The van der Waals surface area contributed by atoms with Gasteiger partial charge in [-0.1, -0.05) is 304 Å². The van der Waals surface area contributed by atoms with Gasteiger partial charge in [-0.2, -0.15) is 0 Å². The van der Waals surface area contributed by atoms with Crippen LogP contribution in [0.3, 0.4) is 0 Å². The maximum atomic E-state index is 13.1. The third-order valence-electron chi connectivity index (χ3n) is 16.8. The highest BCUT2D eigenvalue weighted by Crippen LogP contribution is 2.45. The van der Waals surface area contributed by atoms with Crippen molar-refractivity contribution in [2.75, 3.05) is 39.6 Å². The molecule has 17 nitrogen and oxygen atoms in total. The number of ether oxygens (including phenoxy) is 4. The number of unbranched alkanes of at least 4 members (excludes halogenated alkanes) is 36. The first-order chi connectivity index (χ1) is 45.2. The zero-order valence-electron chi connectivity index (χ0n) is 60.9. The number of carbonyl (C=O) groups excluding carboxylic acids is 4. The molecule has 0 aromatic carbocycles. The van der Waals surface area contributed by atoms with Crippen LogP contribution in [0.5, 0.6) is 0 Å². The number of rotatable bonds is 71. The van der Waals surface area contributed by atoms with Gasteiger partial charge in [-0.3, -0.25) is 37.3 Å². The van der Waals surface area contributed by atoms with Crippen LogP contribution in [0.25, 0.3) is 0 Å². The first-order valence-electron chi connectivity index (χ1n) is 38.2. The average molecular weight is 1380 g/mol. The Balaban J connectivity index is 5.30. The lowest BCUT2D eigenvalue weighted by atomic mass is 10.0. The van der Waals surface area contributed by atoms with Crippen LogP contribution in [0.4, 0.5) is 0 Å². The van der Waals surface area contributed by atoms with Crippen molar-refractivity contribution in [1.29, 1.82) is 0 Å². The molecule has 0 radical (unpaired) electrons. The van der Waals surface area contributed by atoms with Gasteiger partial charge in [0, 0.05) is 25.7 Å². The van der Waals surface area contributed by atoms with E-state index in [1.807, 2.05) is 0 Å². The summed E-state index contributed by atoms with van der Waals surface area (Å²) in [6, 6.07) is 0. The Morgan fingerprint density at radius 3 is 0.862 bits per heavy atom. The SMILES string of the molecule is CCCCCC/C=C\C=C/CCCCCCCC(=O)O[C@H](COC(=O)CCCCCCCCCCCCCCC(C)C)COP(=O)(O)OCC(O)COP(=O)(O)OC[C@@H](COC(=O)CCCCCCCCCCC(C)C)OC(=O)CCCCCCCCCCCCC(C)C. The van der Waals surface area contributed by atoms with Gasteiger partial charge < -0.3 is 33.8 Å². The summed E-state index contributed by atoms with van der Waals surface area (Å²) in [5.74, 6) is 0.104. The second-order valence-electron chi connectivity index (χ2n) is 27.8. The average Bonchev–Trinajstić information content (AvgIpc) is 1.77. The molecule has 0 aliphatic heterocycles. The molecule has 19 heteroatoms. The minimum atomic E-state index is -4.97. The van der Waals surface area contributed by atoms with Gasteiger partial charge in [0.2, 0.25) is 0 Å². The number of esters is 4. The fraction of sp³-hybridized carbons (Fsp3) is 0.893. The summed E-state index contributed by atoms with van der Waals surface area (Å²) in [5, 5.41) is 10.6. The van der Waals surface area contributed by atoms with E-state index < -0.39 is 97.5 Å². The lowest BCUT2D eigenvalue weighted by Gasteiger charge is -2.21. The van der Waals surface area contributed by atoms with Gasteiger partial charge in [0.1, 0.15) is 19.3 Å². The predicted molar refractivity (Wildman–Crippen MR) is 381 cm³/mol. The Labute approximate surface area is 573 Å². The molecule has 0 rings (SSSR count). The molecule has 0 heterocycles. The Morgan fingerprint density at radius 2 is 0.574 bits per heavy atom. The van der Waals surface area contributed by atoms with Crippen LogP contribution >= 0.6 is 15.6 Å². The van der Waals surface area contributed by atoms with Crippen LogP contribution < -0.4 is 0 Å². The van der Waals surface area contributed by atoms with Crippen molar-refractivity contribution in [3.63, 3.8) is 0 Å². The summed E-state index contributed by atoms with van der Waals surface area (Å²) >= 11 is 0. The highest BCUT2D eigenvalue weighted by molar-refractivity contribution is 7.47. The van der Waals surface area contributed by atoms with E-state index in [1.54, 1.807) is 0 Å². The highest BCUT2D eigenvalue weighted by atomic mass is 31.2. The molecule has 94 heavy (non-hydrogen) atoms. The van der Waals surface area contributed by atoms with E-state index in [1.165, 1.54) is 154 Å². The summed E-state index contributed by atoms with van der Waals surface area (Å²) in [4.78, 5) is 72.8. The molecule has 0 bridgehead atoms. The van der Waals surface area contributed by atoms with Gasteiger partial charge >= 0.3 is 39.5 Å². The molecule has 0 aliphatic rings. The van der Waals surface area contributed by atoms with E-state index in [2.05, 4.69) is 72.8 Å². The Bertz CT molecular complexity index is 1930. The van der Waals surface area contributed by atoms with Crippen molar-refractivity contribution in [2.24, 2.45) is 17.8 Å². The van der Waals surface area contributed by atoms with Crippen LogP contribution in [-0.4, -0.2) is 96.7 Å². The Morgan fingerprint density at radius 1 is 0.330 bits per heavy atom. The summed E-state index contributed by atoms with van der Waals surface area (Å²) in [7, 11) is -9.92. The second kappa shape index (κ2) is 65.2. The molecule has 0 amide bonds. The summed E-state index contributed by atoms with van der Waals surface area (Å²) < 4.78 is 68.4. The standard InChI is InChI=1S/C75H142O17P2/c1-8-9-10-11-12-13-14-15-16-17-22-28-37-44-51-58-74(79)91-70(62-85-72(77)56-49-42-35-27-21-19-18-20-25-32-39-46-53-66(2)3)64-89-93(81,82)87-60-69(76)61-88-94(83,84)90-65-71(63-86-73(78)57-50-43-36-31-30-34-41-48-55-68(6)7)92-75(80)59-52-45-38-29-24-23-26-33-40-47-54-67(4)5/h13-16,66-71,76H,8-12,17-65H2,1-7H3,(H,81,82)(H,83,84)/b14-13-,16-15-/t69?,70-,71-/m1/s1. The van der Waals surface area contributed by atoms with Crippen molar-refractivity contribution in [1.82, 2.24) is 0 Å². The third kappa shape index (κ3) is 68.1. The largest absolute Gasteiger partial charge is 0.472 e. The molecule has 3 unspecified atom stereocenters. The van der Waals surface area contributed by atoms with Crippen molar-refractivity contribution < 1.29 is 80.2 Å². The maximum Gasteiger partial charge on any atom is 0.472 e. The van der Waals surface area contributed by atoms with Gasteiger partial charge in [0.15, 0.2) is 12.2 Å². The number of phosphoric ester groups is 2. The normalized spacial score (nSPS) is 14.3. The lowest BCUT2D eigenvalue weighted by Crippen LogP contribution is -2.30. The molecule has 0 saturated heterocycles. The van der Waals surface area contributed by atoms with Crippen molar-refractivity contribution in [3.05, 3.63) is 24.3 Å². The summed E-state index contributed by atoms with van der Waals surface area (Å²) in [5.41, 5.74) is 0. The van der Waals surface area contributed by atoms with E-state index in [-0.39, 0.29) is 25.7 Å². The van der Waals surface area contributed by atoms with Gasteiger partial charge in [0.25, 0.3) is 0 Å². The van der Waals surface area contributed by atoms with Crippen molar-refractivity contribution in [3.8, 4) is 0 Å². The number of aliphatic hydroxyl groups excluding tert-OH is 1. The predicted octanol–water partition coefficient (Wildman–Crippen LogP) is 21.3. The number of hydrogen-bond donors (Lipinski definition) is 3. The van der Waals surface area contributed by atoms with Crippen LogP contribution in [-0.2, 0) is 65.4 Å². The molecule has 0 saturated carbocycles. The molecular weight excluding hydrogens is 1230 g/mol. The summed E-state index contributed by atoms with van der Waals surface area (Å²) in [6.45, 7) is 11.8. The van der Waals surface area contributed by atoms with Crippen molar-refractivity contribution >= 4 is 39.5 Å². The topological polar surface area (TPSA) is 237 Å². The molecule has 3 N–H and O–H groups in total. The molecule has 0 spiro atoms.